The first-order valence-electron chi connectivity index (χ1n) is 6.17. The molecule has 0 aliphatic carbocycles. The van der Waals surface area contributed by atoms with E-state index >= 15 is 0 Å². The summed E-state index contributed by atoms with van der Waals surface area (Å²) in [7, 11) is 0. The molecule has 0 aromatic heterocycles. The first kappa shape index (κ1) is 14.8. The predicted octanol–water partition coefficient (Wildman–Crippen LogP) is 0.115. The number of rotatable bonds is 11. The van der Waals surface area contributed by atoms with Gasteiger partial charge >= 0.3 is 0 Å². The fraction of sp³-hybridized carbons (Fsp3) is 1.00. The van der Waals surface area contributed by atoms with Gasteiger partial charge in [0.15, 0.2) is 0 Å². The minimum absolute atomic E-state index is 0.782. The zero-order valence-corrected chi connectivity index (χ0v) is 9.96. The second-order valence-corrected chi connectivity index (χ2v) is 3.98. The van der Waals surface area contributed by atoms with Gasteiger partial charge in [-0.3, -0.25) is 0 Å². The Hall–Kier alpha value is -0.160. The molecule has 0 spiro atoms. The molecule has 6 N–H and O–H groups in total. The molecule has 0 bridgehead atoms. The normalized spacial score (nSPS) is 11.2. The highest BCUT2D eigenvalue weighted by molar-refractivity contribution is 4.59. The van der Waals surface area contributed by atoms with E-state index in [0.717, 1.165) is 58.5 Å². The molecule has 4 heteroatoms. The predicted molar refractivity (Wildman–Crippen MR) is 66.7 cm³/mol. The summed E-state index contributed by atoms with van der Waals surface area (Å²) in [5.41, 5.74) is 16.5. The Labute approximate surface area is 94.2 Å². The number of nitrogens with zero attached hydrogens (tertiary/aromatic N) is 1. The second kappa shape index (κ2) is 11.9. The van der Waals surface area contributed by atoms with Crippen LogP contribution in [0.2, 0.25) is 0 Å². The van der Waals surface area contributed by atoms with Gasteiger partial charge in [0, 0.05) is 0 Å². The Morgan fingerprint density at radius 3 is 1.33 bits per heavy atom. The van der Waals surface area contributed by atoms with Crippen LogP contribution in [0, 0.1) is 0 Å². The number of hydrogen-bond acceptors (Lipinski definition) is 4. The van der Waals surface area contributed by atoms with Crippen LogP contribution in [0.25, 0.3) is 0 Å². The molecule has 15 heavy (non-hydrogen) atoms. The molecule has 0 atom stereocenters. The third kappa shape index (κ3) is 10.1. The molecule has 0 fully saturated rings. The molecule has 92 valence electrons. The van der Waals surface area contributed by atoms with Crippen molar-refractivity contribution in [3.05, 3.63) is 0 Å². The molecule has 0 aromatic carbocycles. The van der Waals surface area contributed by atoms with Crippen molar-refractivity contribution in [2.24, 2.45) is 17.2 Å². The van der Waals surface area contributed by atoms with Crippen molar-refractivity contribution in [1.29, 1.82) is 0 Å². The SMILES string of the molecule is NCCCCN(CCCN)CCCCN. The quantitative estimate of drug-likeness (QED) is 0.428. The summed E-state index contributed by atoms with van der Waals surface area (Å²) in [4.78, 5) is 2.48. The van der Waals surface area contributed by atoms with Gasteiger partial charge in [-0.05, 0) is 71.4 Å². The van der Waals surface area contributed by atoms with E-state index in [1.165, 1.54) is 12.8 Å². The van der Waals surface area contributed by atoms with Crippen molar-refractivity contribution in [3.8, 4) is 0 Å². The van der Waals surface area contributed by atoms with E-state index in [2.05, 4.69) is 4.90 Å². The fourth-order valence-corrected chi connectivity index (χ4v) is 1.61. The summed E-state index contributed by atoms with van der Waals surface area (Å²) in [6.45, 7) is 5.81. The smallest absolute Gasteiger partial charge is 0.000672 e. The first-order chi connectivity index (χ1) is 7.35. The maximum Gasteiger partial charge on any atom is -0.000672 e. The molecule has 0 heterocycles. The minimum Gasteiger partial charge on any atom is -0.330 e. The highest BCUT2D eigenvalue weighted by atomic mass is 15.1. The van der Waals surface area contributed by atoms with Crippen molar-refractivity contribution in [3.63, 3.8) is 0 Å². The van der Waals surface area contributed by atoms with Crippen LogP contribution in [0.4, 0.5) is 0 Å². The largest absolute Gasteiger partial charge is 0.330 e. The second-order valence-electron chi connectivity index (χ2n) is 3.98. The number of hydrogen-bond donors (Lipinski definition) is 3. The standard InChI is InChI=1S/C11H28N4/c12-6-1-3-9-15(11-5-8-14)10-4-2-7-13/h1-14H2. The summed E-state index contributed by atoms with van der Waals surface area (Å²) in [5.74, 6) is 0. The van der Waals surface area contributed by atoms with Gasteiger partial charge < -0.3 is 22.1 Å². The van der Waals surface area contributed by atoms with Crippen LogP contribution in [0.1, 0.15) is 32.1 Å². The van der Waals surface area contributed by atoms with Crippen LogP contribution >= 0.6 is 0 Å². The van der Waals surface area contributed by atoms with Crippen molar-refractivity contribution in [2.45, 2.75) is 32.1 Å². The lowest BCUT2D eigenvalue weighted by Gasteiger charge is -2.21. The molecule has 0 amide bonds. The molecule has 0 unspecified atom stereocenters. The van der Waals surface area contributed by atoms with Crippen molar-refractivity contribution in [2.75, 3.05) is 39.3 Å². The summed E-state index contributed by atoms with van der Waals surface area (Å²) >= 11 is 0. The van der Waals surface area contributed by atoms with Gasteiger partial charge in [-0.1, -0.05) is 0 Å². The number of nitrogens with two attached hydrogens (primary N) is 3. The van der Waals surface area contributed by atoms with Gasteiger partial charge in [0.25, 0.3) is 0 Å². The molecule has 4 nitrogen and oxygen atoms in total. The average Bonchev–Trinajstić information content (AvgIpc) is 2.25. The molecule has 0 aliphatic rings. The number of unbranched alkanes of at least 4 members (excludes halogenated alkanes) is 2. The van der Waals surface area contributed by atoms with E-state index in [-0.39, 0.29) is 0 Å². The van der Waals surface area contributed by atoms with Crippen LogP contribution in [-0.4, -0.2) is 44.2 Å². The fourth-order valence-electron chi connectivity index (χ4n) is 1.61. The minimum atomic E-state index is 0.782. The van der Waals surface area contributed by atoms with Gasteiger partial charge in [0.2, 0.25) is 0 Å². The molecule has 0 radical (unpaired) electrons. The lowest BCUT2D eigenvalue weighted by Crippen LogP contribution is -2.29. The van der Waals surface area contributed by atoms with Crippen molar-refractivity contribution >= 4 is 0 Å². The Bertz CT molecular complexity index is 109. The maximum atomic E-state index is 5.52. The molecule has 0 aromatic rings. The zero-order chi connectivity index (χ0) is 11.4. The monoisotopic (exact) mass is 216 g/mol. The Balaban J connectivity index is 3.53. The van der Waals surface area contributed by atoms with E-state index < -0.39 is 0 Å². The van der Waals surface area contributed by atoms with E-state index in [0.29, 0.717) is 0 Å². The van der Waals surface area contributed by atoms with Crippen LogP contribution in [0.15, 0.2) is 0 Å². The molecular weight excluding hydrogens is 188 g/mol. The van der Waals surface area contributed by atoms with Crippen LogP contribution < -0.4 is 17.2 Å². The Morgan fingerprint density at radius 2 is 0.933 bits per heavy atom. The van der Waals surface area contributed by atoms with Crippen LogP contribution in [-0.2, 0) is 0 Å². The van der Waals surface area contributed by atoms with Crippen LogP contribution in [0.5, 0.6) is 0 Å². The zero-order valence-electron chi connectivity index (χ0n) is 9.96. The highest BCUT2D eigenvalue weighted by Gasteiger charge is 2.03. The van der Waals surface area contributed by atoms with Crippen molar-refractivity contribution < 1.29 is 0 Å². The highest BCUT2D eigenvalue weighted by Crippen LogP contribution is 1.99. The lowest BCUT2D eigenvalue weighted by atomic mass is 10.2. The summed E-state index contributed by atoms with van der Waals surface area (Å²) in [6, 6.07) is 0. The summed E-state index contributed by atoms with van der Waals surface area (Å²) < 4.78 is 0. The Kier molecular flexibility index (Phi) is 11.8. The summed E-state index contributed by atoms with van der Waals surface area (Å²) in [6.07, 6.45) is 5.73. The molecular formula is C11H28N4. The third-order valence-electron chi connectivity index (χ3n) is 2.54. The van der Waals surface area contributed by atoms with E-state index in [1.54, 1.807) is 0 Å². The molecule has 0 rings (SSSR count). The Morgan fingerprint density at radius 1 is 0.533 bits per heavy atom. The van der Waals surface area contributed by atoms with E-state index in [9.17, 15) is 0 Å². The molecule has 0 saturated carbocycles. The average molecular weight is 216 g/mol. The van der Waals surface area contributed by atoms with Gasteiger partial charge in [0.05, 0.1) is 0 Å². The first-order valence-corrected chi connectivity index (χ1v) is 6.17. The van der Waals surface area contributed by atoms with Crippen molar-refractivity contribution in [1.82, 2.24) is 4.90 Å². The van der Waals surface area contributed by atoms with Gasteiger partial charge in [-0.15, -0.1) is 0 Å². The maximum absolute atomic E-state index is 5.52. The van der Waals surface area contributed by atoms with E-state index in [4.69, 9.17) is 17.2 Å². The third-order valence-corrected chi connectivity index (χ3v) is 2.54. The van der Waals surface area contributed by atoms with Gasteiger partial charge in [-0.25, -0.2) is 0 Å². The van der Waals surface area contributed by atoms with Gasteiger partial charge in [-0.2, -0.15) is 0 Å². The molecule has 0 saturated heterocycles. The summed E-state index contributed by atoms with van der Waals surface area (Å²) in [5, 5.41) is 0. The van der Waals surface area contributed by atoms with E-state index in [1.807, 2.05) is 0 Å². The topological polar surface area (TPSA) is 81.3 Å². The molecule has 0 aliphatic heterocycles. The van der Waals surface area contributed by atoms with Gasteiger partial charge in [0.1, 0.15) is 0 Å². The van der Waals surface area contributed by atoms with Crippen LogP contribution in [0.3, 0.4) is 0 Å². The lowest BCUT2D eigenvalue weighted by molar-refractivity contribution is 0.262.